The van der Waals surface area contributed by atoms with Crippen LogP contribution in [0, 0.1) is 0 Å². The molecule has 3 nitrogen and oxygen atoms in total. The molecule has 1 atom stereocenters. The summed E-state index contributed by atoms with van der Waals surface area (Å²) in [5.41, 5.74) is 4.59. The van der Waals surface area contributed by atoms with E-state index in [1.165, 1.54) is 5.56 Å². The Morgan fingerprint density at radius 1 is 1.50 bits per heavy atom. The average molecular weight is 193 g/mol. The predicted molar refractivity (Wildman–Crippen MR) is 53.2 cm³/mol. The van der Waals surface area contributed by atoms with Crippen LogP contribution in [0.3, 0.4) is 0 Å². The Labute approximate surface area is 83.7 Å². The zero-order chi connectivity index (χ0) is 9.80. The number of nitrogens with one attached hydrogen (secondary N) is 1. The normalized spacial score (nSPS) is 21.4. The number of benzene rings is 1. The maximum Gasteiger partial charge on any atom is 0.0535 e. The lowest BCUT2D eigenvalue weighted by Crippen LogP contribution is -2.07. The van der Waals surface area contributed by atoms with Gasteiger partial charge in [-0.2, -0.15) is 0 Å². The SMILES string of the molecule is ONCc1cccc(C2CCOC2)c1. The largest absolute Gasteiger partial charge is 0.381 e. The molecule has 0 spiro atoms. The van der Waals surface area contributed by atoms with E-state index in [9.17, 15) is 0 Å². The zero-order valence-electron chi connectivity index (χ0n) is 8.07. The Hall–Kier alpha value is -0.900. The summed E-state index contributed by atoms with van der Waals surface area (Å²) in [7, 11) is 0. The molecule has 14 heavy (non-hydrogen) atoms. The second-order valence-electron chi connectivity index (χ2n) is 3.64. The molecule has 0 bridgehead atoms. The van der Waals surface area contributed by atoms with Gasteiger partial charge in [-0.05, 0) is 17.5 Å². The molecule has 0 radical (unpaired) electrons. The zero-order valence-corrected chi connectivity index (χ0v) is 8.07. The summed E-state index contributed by atoms with van der Waals surface area (Å²) in [4.78, 5) is 0. The Bertz CT molecular complexity index is 295. The van der Waals surface area contributed by atoms with Gasteiger partial charge in [-0.1, -0.05) is 24.3 Å². The molecule has 1 aliphatic heterocycles. The number of rotatable bonds is 3. The molecule has 76 valence electrons. The van der Waals surface area contributed by atoms with Gasteiger partial charge in [-0.3, -0.25) is 0 Å². The fourth-order valence-corrected chi connectivity index (χ4v) is 1.85. The van der Waals surface area contributed by atoms with Gasteiger partial charge in [0.05, 0.1) is 6.61 Å². The van der Waals surface area contributed by atoms with Gasteiger partial charge in [0.2, 0.25) is 0 Å². The van der Waals surface area contributed by atoms with E-state index in [0.717, 1.165) is 25.2 Å². The summed E-state index contributed by atoms with van der Waals surface area (Å²) >= 11 is 0. The maximum atomic E-state index is 8.60. The van der Waals surface area contributed by atoms with E-state index in [-0.39, 0.29) is 0 Å². The van der Waals surface area contributed by atoms with Crippen molar-refractivity contribution in [3.05, 3.63) is 35.4 Å². The molecule has 2 rings (SSSR count). The van der Waals surface area contributed by atoms with Crippen LogP contribution < -0.4 is 5.48 Å². The molecular weight excluding hydrogens is 178 g/mol. The molecule has 1 aromatic rings. The first-order valence-corrected chi connectivity index (χ1v) is 4.93. The van der Waals surface area contributed by atoms with Gasteiger partial charge in [-0.15, -0.1) is 0 Å². The van der Waals surface area contributed by atoms with Crippen molar-refractivity contribution in [1.82, 2.24) is 5.48 Å². The Kier molecular flexibility index (Phi) is 3.14. The molecule has 0 aliphatic carbocycles. The molecule has 1 aliphatic rings. The topological polar surface area (TPSA) is 41.5 Å². The molecule has 0 aromatic heterocycles. The lowest BCUT2D eigenvalue weighted by molar-refractivity contribution is 0.161. The van der Waals surface area contributed by atoms with Crippen LogP contribution >= 0.6 is 0 Å². The van der Waals surface area contributed by atoms with Crippen molar-refractivity contribution >= 4 is 0 Å². The van der Waals surface area contributed by atoms with Crippen LogP contribution in [-0.2, 0) is 11.3 Å². The van der Waals surface area contributed by atoms with E-state index in [2.05, 4.69) is 17.6 Å². The summed E-state index contributed by atoms with van der Waals surface area (Å²) in [6.07, 6.45) is 1.11. The molecule has 1 aromatic carbocycles. The molecule has 1 heterocycles. The second-order valence-corrected chi connectivity index (χ2v) is 3.64. The van der Waals surface area contributed by atoms with Gasteiger partial charge >= 0.3 is 0 Å². The third-order valence-corrected chi connectivity index (χ3v) is 2.64. The maximum absolute atomic E-state index is 8.60. The molecule has 0 saturated carbocycles. The second kappa shape index (κ2) is 4.55. The van der Waals surface area contributed by atoms with Crippen molar-refractivity contribution in [3.8, 4) is 0 Å². The minimum atomic E-state index is 0.501. The van der Waals surface area contributed by atoms with Gasteiger partial charge in [0, 0.05) is 19.1 Å². The van der Waals surface area contributed by atoms with E-state index in [4.69, 9.17) is 9.94 Å². The first-order chi connectivity index (χ1) is 6.90. The highest BCUT2D eigenvalue weighted by molar-refractivity contribution is 5.26. The van der Waals surface area contributed by atoms with Crippen molar-refractivity contribution < 1.29 is 9.94 Å². The number of hydrogen-bond acceptors (Lipinski definition) is 3. The van der Waals surface area contributed by atoms with Crippen LogP contribution in [0.5, 0.6) is 0 Å². The third-order valence-electron chi connectivity index (χ3n) is 2.64. The molecule has 0 amide bonds. The smallest absolute Gasteiger partial charge is 0.0535 e. The predicted octanol–water partition coefficient (Wildman–Crippen LogP) is 1.67. The summed E-state index contributed by atoms with van der Waals surface area (Å²) in [5.74, 6) is 0.536. The van der Waals surface area contributed by atoms with E-state index in [0.29, 0.717) is 12.5 Å². The first-order valence-electron chi connectivity index (χ1n) is 4.93. The summed E-state index contributed by atoms with van der Waals surface area (Å²) < 4.78 is 5.35. The molecule has 3 heteroatoms. The van der Waals surface area contributed by atoms with Crippen LogP contribution in [0.4, 0.5) is 0 Å². The molecule has 2 N–H and O–H groups in total. The van der Waals surface area contributed by atoms with Gasteiger partial charge in [0.25, 0.3) is 0 Å². The number of ether oxygens (including phenoxy) is 1. The standard InChI is InChI=1S/C11H15NO2/c13-12-7-9-2-1-3-10(6-9)11-4-5-14-8-11/h1-3,6,11-13H,4-5,7-8H2. The average Bonchev–Trinajstić information content (AvgIpc) is 2.71. The molecule has 1 unspecified atom stereocenters. The van der Waals surface area contributed by atoms with Crippen LogP contribution in [0.25, 0.3) is 0 Å². The highest BCUT2D eigenvalue weighted by atomic mass is 16.5. The quantitative estimate of drug-likeness (QED) is 0.717. The number of hydroxylamine groups is 1. The summed E-state index contributed by atoms with van der Waals surface area (Å²) in [6, 6.07) is 8.28. The molecule has 1 fully saturated rings. The fourth-order valence-electron chi connectivity index (χ4n) is 1.85. The van der Waals surface area contributed by atoms with Crippen molar-refractivity contribution in [1.29, 1.82) is 0 Å². The van der Waals surface area contributed by atoms with E-state index in [1.807, 2.05) is 12.1 Å². The highest BCUT2D eigenvalue weighted by Crippen LogP contribution is 2.25. The van der Waals surface area contributed by atoms with E-state index >= 15 is 0 Å². The van der Waals surface area contributed by atoms with E-state index in [1.54, 1.807) is 0 Å². The monoisotopic (exact) mass is 193 g/mol. The van der Waals surface area contributed by atoms with Crippen molar-refractivity contribution in [3.63, 3.8) is 0 Å². The van der Waals surface area contributed by atoms with Gasteiger partial charge in [-0.25, -0.2) is 5.48 Å². The Morgan fingerprint density at radius 3 is 3.14 bits per heavy atom. The summed E-state index contributed by atoms with van der Waals surface area (Å²) in [6.45, 7) is 2.20. The minimum absolute atomic E-state index is 0.501. The fraction of sp³-hybridized carbons (Fsp3) is 0.455. The van der Waals surface area contributed by atoms with Crippen LogP contribution in [0.2, 0.25) is 0 Å². The van der Waals surface area contributed by atoms with Crippen LogP contribution in [0.1, 0.15) is 23.5 Å². The lowest BCUT2D eigenvalue weighted by atomic mass is 9.97. The van der Waals surface area contributed by atoms with Crippen LogP contribution in [0.15, 0.2) is 24.3 Å². The van der Waals surface area contributed by atoms with Crippen molar-refractivity contribution in [2.24, 2.45) is 0 Å². The Morgan fingerprint density at radius 2 is 2.43 bits per heavy atom. The minimum Gasteiger partial charge on any atom is -0.381 e. The Balaban J connectivity index is 2.12. The van der Waals surface area contributed by atoms with Gasteiger partial charge in [0.1, 0.15) is 0 Å². The molecular formula is C11H15NO2. The van der Waals surface area contributed by atoms with Crippen molar-refractivity contribution in [2.45, 2.75) is 18.9 Å². The van der Waals surface area contributed by atoms with Gasteiger partial charge in [0.15, 0.2) is 0 Å². The highest BCUT2D eigenvalue weighted by Gasteiger charge is 2.17. The van der Waals surface area contributed by atoms with E-state index < -0.39 is 0 Å². The van der Waals surface area contributed by atoms with Crippen molar-refractivity contribution in [2.75, 3.05) is 13.2 Å². The molecule has 1 saturated heterocycles. The lowest BCUT2D eigenvalue weighted by Gasteiger charge is -2.09. The first kappa shape index (κ1) is 9.65. The number of hydrogen-bond donors (Lipinski definition) is 2. The third kappa shape index (κ3) is 2.12. The van der Waals surface area contributed by atoms with Crippen LogP contribution in [-0.4, -0.2) is 18.4 Å². The van der Waals surface area contributed by atoms with Gasteiger partial charge < -0.3 is 9.94 Å². The summed E-state index contributed by atoms with van der Waals surface area (Å²) in [5, 5.41) is 8.60.